The van der Waals surface area contributed by atoms with Crippen molar-refractivity contribution in [3.63, 3.8) is 0 Å². The molecule has 0 spiro atoms. The second kappa shape index (κ2) is 77.3. The minimum absolute atomic E-state index is 0.0777. The number of phosphoric acid groups is 2. The summed E-state index contributed by atoms with van der Waals surface area (Å²) in [5, 5.41) is 20.6. The molecule has 0 rings (SSSR count). The molecular weight excluding hydrogens is 1340 g/mol. The summed E-state index contributed by atoms with van der Waals surface area (Å²) in [4.78, 5) is 58.7. The molecule has 0 aliphatic rings. The molecule has 0 aromatic heterocycles. The van der Waals surface area contributed by atoms with Crippen LogP contribution in [0.4, 0.5) is 0 Å². The van der Waals surface area contributed by atoms with E-state index < -0.39 is 91.5 Å². The molecule has 0 radical (unpaired) electrons. The molecule has 103 heavy (non-hydrogen) atoms. The first kappa shape index (κ1) is 98.7. The molecule has 16 nitrogen and oxygen atoms in total. The van der Waals surface area contributed by atoms with Crippen LogP contribution < -0.4 is 0 Å². The molecule has 5 unspecified atom stereocenters. The third kappa shape index (κ3) is 78.6. The summed E-state index contributed by atoms with van der Waals surface area (Å²) in [5.74, 6) is -1.61. The summed E-state index contributed by atoms with van der Waals surface area (Å²) in [7, 11) is -9.80. The average Bonchev–Trinajstić information content (AvgIpc) is 0.938. The summed E-state index contributed by atoms with van der Waals surface area (Å²) >= 11 is 0. The van der Waals surface area contributed by atoms with Crippen molar-refractivity contribution >= 4 is 33.6 Å². The van der Waals surface area contributed by atoms with Crippen LogP contribution in [0.5, 0.6) is 0 Å². The third-order valence-corrected chi connectivity index (χ3v) is 18.7. The SMILES string of the molecule is CC/C=C\C/C=C\C/C=C\CCCCCCCC(=O)OC(COC(=O)CCCCCCC/C=C\C/C=C\C/C=C\C/C=C\CCCCC)COP(=O)(O)OCC(O)COP(=O)(O)OCC(O)COC(=O)CCCCCCCCCCCCCCCCC/C=C\C/C=C\C/C=C\C/C=C\CCCCC. The van der Waals surface area contributed by atoms with Crippen molar-refractivity contribution in [2.24, 2.45) is 0 Å². The summed E-state index contributed by atoms with van der Waals surface area (Å²) in [5.41, 5.74) is 0. The van der Waals surface area contributed by atoms with Crippen LogP contribution >= 0.6 is 15.6 Å². The Morgan fingerprint density at radius 3 is 0.816 bits per heavy atom. The fourth-order valence-electron chi connectivity index (χ4n) is 10.7. The van der Waals surface area contributed by atoms with E-state index in [2.05, 4.69) is 154 Å². The zero-order valence-electron chi connectivity index (χ0n) is 64.7. The number of aliphatic hydroxyl groups excluding tert-OH is 2. The normalized spacial score (nSPS) is 14.7. The number of carbonyl (C=O) groups excluding carboxylic acids is 3. The fourth-order valence-corrected chi connectivity index (χ4v) is 12.3. The number of hydrogen-bond acceptors (Lipinski definition) is 14. The van der Waals surface area contributed by atoms with Gasteiger partial charge in [-0.1, -0.05) is 302 Å². The van der Waals surface area contributed by atoms with Crippen LogP contribution in [-0.2, 0) is 55.8 Å². The highest BCUT2D eigenvalue weighted by molar-refractivity contribution is 7.47. The first-order valence-electron chi connectivity index (χ1n) is 40.5. The number of hydrogen-bond donors (Lipinski definition) is 4. The van der Waals surface area contributed by atoms with Gasteiger partial charge in [0.05, 0.1) is 26.4 Å². The third-order valence-electron chi connectivity index (χ3n) is 16.8. The number of ether oxygens (including phenoxy) is 3. The standard InChI is InChI=1S/C85H146O16P2/c1-4-7-10-13-16-19-22-25-28-30-32-34-35-36-37-38-39-40-41-42-43-45-47-48-51-53-56-59-62-65-68-71-83(88)95-74-80(86)75-97-102(91,92)98-76-81(87)77-99-103(93,94)100-79-82(101-85(90)73-70-67-64-61-58-55-50-27-24-21-18-15-12-9-6-3)78-96-84(89)72-69-66-63-60-57-54-52-49-46-44-33-31-29-26-23-20-17-14-11-8-5-2/h9,12,16-21,25-29,32-34,36-37,44,49-50,52,80-82,86-87H,4-8,10-11,13-15,22-24,30-31,35,38-43,45-48,51,53-79H2,1-3H3,(H,91,92)(H,93,94)/b12-9-,19-16-,20-17-,21-18-,28-25-,29-26-,34-32-,37-36-,44-33-,50-27-,52-49-. The van der Waals surface area contributed by atoms with E-state index in [9.17, 15) is 43.5 Å². The van der Waals surface area contributed by atoms with Gasteiger partial charge in [-0.25, -0.2) is 9.13 Å². The van der Waals surface area contributed by atoms with E-state index in [1.165, 1.54) is 128 Å². The molecule has 0 heterocycles. The van der Waals surface area contributed by atoms with E-state index in [0.29, 0.717) is 19.3 Å². The quantitative estimate of drug-likeness (QED) is 0.0146. The van der Waals surface area contributed by atoms with Gasteiger partial charge in [-0.2, -0.15) is 0 Å². The molecule has 0 aromatic carbocycles. The van der Waals surface area contributed by atoms with E-state index >= 15 is 0 Å². The zero-order chi connectivity index (χ0) is 75.2. The summed E-state index contributed by atoms with van der Waals surface area (Å²) in [6, 6.07) is 0. The van der Waals surface area contributed by atoms with Gasteiger partial charge in [-0.05, 0) is 141 Å². The van der Waals surface area contributed by atoms with E-state index in [-0.39, 0.29) is 19.3 Å². The Kier molecular flexibility index (Phi) is 74.1. The number of unbranched alkanes of at least 4 members (excludes halogenated alkanes) is 31. The highest BCUT2D eigenvalue weighted by Gasteiger charge is 2.29. The predicted molar refractivity (Wildman–Crippen MR) is 426 cm³/mol. The predicted octanol–water partition coefficient (Wildman–Crippen LogP) is 23.9. The van der Waals surface area contributed by atoms with Gasteiger partial charge in [-0.15, -0.1) is 0 Å². The Balaban J connectivity index is 4.51. The largest absolute Gasteiger partial charge is 0.472 e. The first-order valence-corrected chi connectivity index (χ1v) is 43.5. The Hall–Kier alpha value is -4.31. The number of carbonyl (C=O) groups is 3. The number of esters is 3. The van der Waals surface area contributed by atoms with Gasteiger partial charge in [0.1, 0.15) is 25.4 Å². The monoisotopic (exact) mass is 1490 g/mol. The maximum absolute atomic E-state index is 13.0. The first-order chi connectivity index (χ1) is 50.2. The Labute approximate surface area is 626 Å². The van der Waals surface area contributed by atoms with Crippen LogP contribution in [0, 0.1) is 0 Å². The van der Waals surface area contributed by atoms with E-state index in [1.54, 1.807) is 0 Å². The summed E-state index contributed by atoms with van der Waals surface area (Å²) in [6.07, 6.45) is 93.6. The average molecular weight is 1490 g/mol. The maximum atomic E-state index is 13.0. The molecular formula is C85H146O16P2. The van der Waals surface area contributed by atoms with E-state index in [4.69, 9.17) is 32.3 Å². The van der Waals surface area contributed by atoms with Crippen LogP contribution in [0.25, 0.3) is 0 Å². The second-order valence-electron chi connectivity index (χ2n) is 26.8. The molecule has 0 aliphatic carbocycles. The second-order valence-corrected chi connectivity index (χ2v) is 29.7. The molecule has 592 valence electrons. The Bertz CT molecular complexity index is 2410. The molecule has 0 bridgehead atoms. The highest BCUT2D eigenvalue weighted by atomic mass is 31.2. The molecule has 0 fully saturated rings. The van der Waals surface area contributed by atoms with Crippen molar-refractivity contribution in [1.29, 1.82) is 0 Å². The van der Waals surface area contributed by atoms with Crippen LogP contribution in [0.3, 0.4) is 0 Å². The fraction of sp³-hybridized carbons (Fsp3) is 0.706. The minimum atomic E-state index is -4.94. The van der Waals surface area contributed by atoms with E-state index in [1.807, 2.05) is 0 Å². The number of allylic oxidation sites excluding steroid dienone is 22. The van der Waals surface area contributed by atoms with Crippen molar-refractivity contribution in [1.82, 2.24) is 0 Å². The zero-order valence-corrected chi connectivity index (χ0v) is 66.5. The minimum Gasteiger partial charge on any atom is -0.463 e. The van der Waals surface area contributed by atoms with Gasteiger partial charge in [-0.3, -0.25) is 32.5 Å². The number of rotatable bonds is 76. The smallest absolute Gasteiger partial charge is 0.463 e. The van der Waals surface area contributed by atoms with Gasteiger partial charge >= 0.3 is 33.6 Å². The molecule has 0 amide bonds. The summed E-state index contributed by atoms with van der Waals surface area (Å²) < 4.78 is 61.1. The van der Waals surface area contributed by atoms with E-state index in [0.717, 1.165) is 141 Å². The van der Waals surface area contributed by atoms with Gasteiger partial charge in [0.15, 0.2) is 6.10 Å². The topological polar surface area (TPSA) is 231 Å². The van der Waals surface area contributed by atoms with Crippen molar-refractivity contribution in [3.05, 3.63) is 134 Å². The number of phosphoric ester groups is 2. The van der Waals surface area contributed by atoms with Crippen LogP contribution in [-0.4, -0.2) is 95.9 Å². The van der Waals surface area contributed by atoms with Gasteiger partial charge in [0.25, 0.3) is 0 Å². The van der Waals surface area contributed by atoms with Crippen molar-refractivity contribution < 1.29 is 75.8 Å². The molecule has 5 atom stereocenters. The lowest BCUT2D eigenvalue weighted by molar-refractivity contribution is -0.161. The molecule has 18 heteroatoms. The molecule has 0 saturated heterocycles. The van der Waals surface area contributed by atoms with Gasteiger partial charge in [0.2, 0.25) is 0 Å². The molecule has 0 saturated carbocycles. The lowest BCUT2D eigenvalue weighted by atomic mass is 10.0. The van der Waals surface area contributed by atoms with Gasteiger partial charge < -0.3 is 34.2 Å². The Morgan fingerprint density at radius 2 is 0.515 bits per heavy atom. The van der Waals surface area contributed by atoms with Crippen LogP contribution in [0.1, 0.15) is 329 Å². The number of aliphatic hydroxyl groups is 2. The van der Waals surface area contributed by atoms with Crippen molar-refractivity contribution in [2.45, 2.75) is 347 Å². The molecule has 4 N–H and O–H groups in total. The highest BCUT2D eigenvalue weighted by Crippen LogP contribution is 2.45. The van der Waals surface area contributed by atoms with Crippen LogP contribution in [0.2, 0.25) is 0 Å². The maximum Gasteiger partial charge on any atom is 0.472 e. The van der Waals surface area contributed by atoms with Crippen molar-refractivity contribution in [2.75, 3.05) is 39.6 Å². The lowest BCUT2D eigenvalue weighted by Crippen LogP contribution is -2.30. The van der Waals surface area contributed by atoms with Crippen molar-refractivity contribution in [3.8, 4) is 0 Å². The Morgan fingerprint density at radius 1 is 0.282 bits per heavy atom. The lowest BCUT2D eigenvalue weighted by Gasteiger charge is -2.21. The molecule has 0 aliphatic heterocycles. The summed E-state index contributed by atoms with van der Waals surface area (Å²) in [6.45, 7) is 2.48. The molecule has 0 aromatic rings. The van der Waals surface area contributed by atoms with Crippen LogP contribution in [0.15, 0.2) is 134 Å². The van der Waals surface area contributed by atoms with Gasteiger partial charge in [0, 0.05) is 19.3 Å².